The number of hydrogen-bond donors (Lipinski definition) is 1. The van der Waals surface area contributed by atoms with E-state index in [4.69, 9.17) is 4.74 Å². The van der Waals surface area contributed by atoms with E-state index < -0.39 is 0 Å². The van der Waals surface area contributed by atoms with E-state index in [0.717, 1.165) is 25.9 Å². The number of aryl methyl sites for hydroxylation is 1. The molecular weight excluding hydrogens is 260 g/mol. The number of nitrogens with one attached hydrogen (secondary N) is 1. The first-order valence-electron chi connectivity index (χ1n) is 8.02. The Bertz CT molecular complexity index is 453. The zero-order valence-corrected chi connectivity index (χ0v) is 14.1. The minimum Gasteiger partial charge on any atom is -0.372 e. The quantitative estimate of drug-likeness (QED) is 0.900. The highest BCUT2D eigenvalue weighted by molar-refractivity contribution is 5.47. The van der Waals surface area contributed by atoms with E-state index in [-0.39, 0.29) is 5.54 Å². The molecule has 2 rings (SSSR count). The molecule has 21 heavy (non-hydrogen) atoms. The average Bonchev–Trinajstić information content (AvgIpc) is 2.83. The van der Waals surface area contributed by atoms with Crippen molar-refractivity contribution in [2.75, 3.05) is 25.0 Å². The van der Waals surface area contributed by atoms with Crippen molar-refractivity contribution < 1.29 is 4.74 Å². The number of benzene rings is 1. The normalized spacial score (nSPS) is 22.5. The molecule has 0 bridgehead atoms. The predicted octanol–water partition coefficient (Wildman–Crippen LogP) is 3.37. The summed E-state index contributed by atoms with van der Waals surface area (Å²) in [5.74, 6) is 0. The van der Waals surface area contributed by atoms with Gasteiger partial charge in [0.15, 0.2) is 0 Å². The maximum atomic E-state index is 6.18. The van der Waals surface area contributed by atoms with Crippen molar-refractivity contribution in [3.63, 3.8) is 0 Å². The van der Waals surface area contributed by atoms with E-state index in [9.17, 15) is 0 Å². The summed E-state index contributed by atoms with van der Waals surface area (Å²) in [6.45, 7) is 10.7. The van der Waals surface area contributed by atoms with Gasteiger partial charge in [-0.05, 0) is 58.2 Å². The highest BCUT2D eigenvalue weighted by Crippen LogP contribution is 2.23. The Morgan fingerprint density at radius 3 is 2.62 bits per heavy atom. The van der Waals surface area contributed by atoms with Crippen LogP contribution in [-0.4, -0.2) is 37.9 Å². The molecule has 1 heterocycles. The summed E-state index contributed by atoms with van der Waals surface area (Å²) in [6.07, 6.45) is 3.03. The summed E-state index contributed by atoms with van der Waals surface area (Å²) in [4.78, 5) is 2.30. The molecule has 3 heteroatoms. The van der Waals surface area contributed by atoms with Crippen molar-refractivity contribution in [2.24, 2.45) is 0 Å². The fourth-order valence-corrected chi connectivity index (χ4v) is 2.76. The lowest BCUT2D eigenvalue weighted by atomic mass is 10.1. The van der Waals surface area contributed by atoms with E-state index >= 15 is 0 Å². The molecule has 3 nitrogen and oxygen atoms in total. The van der Waals surface area contributed by atoms with Gasteiger partial charge in [-0.15, -0.1) is 0 Å². The lowest BCUT2D eigenvalue weighted by Gasteiger charge is -2.25. The largest absolute Gasteiger partial charge is 0.372 e. The highest BCUT2D eigenvalue weighted by atomic mass is 16.5. The van der Waals surface area contributed by atoms with Gasteiger partial charge in [-0.25, -0.2) is 0 Å². The minimum absolute atomic E-state index is 0.166. The second-order valence-corrected chi connectivity index (χ2v) is 7.31. The first-order chi connectivity index (χ1) is 9.83. The van der Waals surface area contributed by atoms with Gasteiger partial charge in [0.2, 0.25) is 0 Å². The third-order valence-corrected chi connectivity index (χ3v) is 3.98. The van der Waals surface area contributed by atoms with Crippen molar-refractivity contribution in [1.29, 1.82) is 0 Å². The molecule has 0 aliphatic carbocycles. The van der Waals surface area contributed by atoms with Gasteiger partial charge in [0.1, 0.15) is 0 Å². The van der Waals surface area contributed by atoms with Gasteiger partial charge < -0.3 is 15.0 Å². The molecule has 2 unspecified atom stereocenters. The second-order valence-electron chi connectivity index (χ2n) is 7.31. The van der Waals surface area contributed by atoms with Crippen LogP contribution in [0.1, 0.15) is 39.2 Å². The van der Waals surface area contributed by atoms with Crippen LogP contribution in [-0.2, 0) is 4.74 Å². The molecule has 0 aromatic heterocycles. The Balaban J connectivity index is 1.80. The molecule has 1 aromatic carbocycles. The average molecular weight is 290 g/mol. The summed E-state index contributed by atoms with van der Waals surface area (Å²) in [5, 5.41) is 3.54. The number of likely N-dealkylation sites (N-methyl/N-ethyl adjacent to an activating group) is 1. The Morgan fingerprint density at radius 1 is 1.24 bits per heavy atom. The number of rotatable bonds is 5. The fraction of sp³-hybridized carbons (Fsp3) is 0.667. The third kappa shape index (κ3) is 5.33. The monoisotopic (exact) mass is 290 g/mol. The molecule has 118 valence electrons. The smallest absolute Gasteiger partial charge is 0.0755 e. The van der Waals surface area contributed by atoms with Crippen LogP contribution in [0.2, 0.25) is 0 Å². The van der Waals surface area contributed by atoms with Gasteiger partial charge >= 0.3 is 0 Å². The van der Waals surface area contributed by atoms with E-state index in [1.165, 1.54) is 11.3 Å². The molecule has 2 atom stereocenters. The number of anilines is 1. The highest BCUT2D eigenvalue weighted by Gasteiger charge is 2.27. The molecule has 0 amide bonds. The van der Waals surface area contributed by atoms with Crippen molar-refractivity contribution >= 4 is 5.69 Å². The van der Waals surface area contributed by atoms with Gasteiger partial charge in [-0.1, -0.05) is 12.1 Å². The molecule has 0 radical (unpaired) electrons. The maximum absolute atomic E-state index is 6.18. The van der Waals surface area contributed by atoms with Crippen molar-refractivity contribution in [2.45, 2.75) is 58.3 Å². The van der Waals surface area contributed by atoms with Crippen LogP contribution in [0.3, 0.4) is 0 Å². The zero-order valence-electron chi connectivity index (χ0n) is 14.1. The lowest BCUT2D eigenvalue weighted by molar-refractivity contribution is 0.0465. The number of hydrogen-bond acceptors (Lipinski definition) is 3. The second kappa shape index (κ2) is 6.80. The summed E-state index contributed by atoms with van der Waals surface area (Å²) in [7, 11) is 2.15. The Kier molecular flexibility index (Phi) is 5.28. The summed E-state index contributed by atoms with van der Waals surface area (Å²) in [5.41, 5.74) is 2.74. The van der Waals surface area contributed by atoms with Gasteiger partial charge in [-0.2, -0.15) is 0 Å². The van der Waals surface area contributed by atoms with E-state index in [1.54, 1.807) is 0 Å². The molecule has 1 aliphatic heterocycles. The van der Waals surface area contributed by atoms with Crippen molar-refractivity contribution in [3.8, 4) is 0 Å². The minimum atomic E-state index is 0.166. The third-order valence-electron chi connectivity index (χ3n) is 3.98. The Labute approximate surface area is 129 Å². The van der Waals surface area contributed by atoms with Crippen LogP contribution < -0.4 is 10.2 Å². The van der Waals surface area contributed by atoms with Crippen molar-refractivity contribution in [1.82, 2.24) is 5.32 Å². The molecule has 1 fully saturated rings. The molecular formula is C18H30N2O. The van der Waals surface area contributed by atoms with Crippen LogP contribution in [0.15, 0.2) is 24.3 Å². The van der Waals surface area contributed by atoms with E-state index in [1.807, 2.05) is 0 Å². The van der Waals surface area contributed by atoms with Crippen LogP contribution in [0.25, 0.3) is 0 Å². The van der Waals surface area contributed by atoms with Crippen LogP contribution in [0.4, 0.5) is 5.69 Å². The van der Waals surface area contributed by atoms with Gasteiger partial charge in [0.25, 0.3) is 0 Å². The number of ether oxygens (including phenoxy) is 1. The van der Waals surface area contributed by atoms with Gasteiger partial charge in [0.05, 0.1) is 12.2 Å². The van der Waals surface area contributed by atoms with E-state index in [2.05, 4.69) is 69.2 Å². The predicted molar refractivity (Wildman–Crippen MR) is 90.1 cm³/mol. The standard InChI is InChI=1S/C18H30N2O/c1-14-7-6-8-15(11-14)20(5)13-17-10-9-16(21-17)12-19-18(2,3)4/h6-8,11,16-17,19H,9-10,12-13H2,1-5H3. The maximum Gasteiger partial charge on any atom is 0.0755 e. The summed E-state index contributed by atoms with van der Waals surface area (Å²) < 4.78 is 6.18. The molecule has 1 aliphatic rings. The molecule has 1 aromatic rings. The fourth-order valence-electron chi connectivity index (χ4n) is 2.76. The number of nitrogens with zero attached hydrogens (tertiary/aromatic N) is 1. The zero-order chi connectivity index (χ0) is 15.5. The van der Waals surface area contributed by atoms with Crippen LogP contribution >= 0.6 is 0 Å². The SMILES string of the molecule is Cc1cccc(N(C)CC2CCC(CNC(C)(C)C)O2)c1. The van der Waals surface area contributed by atoms with Crippen LogP contribution in [0, 0.1) is 6.92 Å². The van der Waals surface area contributed by atoms with E-state index in [0.29, 0.717) is 12.2 Å². The molecule has 1 saturated heterocycles. The Morgan fingerprint density at radius 2 is 1.95 bits per heavy atom. The van der Waals surface area contributed by atoms with Gasteiger partial charge in [-0.3, -0.25) is 0 Å². The first-order valence-corrected chi connectivity index (χ1v) is 8.02. The first kappa shape index (κ1) is 16.3. The molecule has 0 saturated carbocycles. The topological polar surface area (TPSA) is 24.5 Å². The summed E-state index contributed by atoms with van der Waals surface area (Å²) >= 11 is 0. The Hall–Kier alpha value is -1.06. The van der Waals surface area contributed by atoms with Gasteiger partial charge in [0, 0.05) is 31.4 Å². The van der Waals surface area contributed by atoms with Crippen molar-refractivity contribution in [3.05, 3.63) is 29.8 Å². The summed E-state index contributed by atoms with van der Waals surface area (Å²) in [6, 6.07) is 8.65. The lowest BCUT2D eigenvalue weighted by Crippen LogP contribution is -2.41. The molecule has 0 spiro atoms. The molecule has 1 N–H and O–H groups in total. The van der Waals surface area contributed by atoms with Crippen LogP contribution in [0.5, 0.6) is 0 Å².